The minimum Gasteiger partial charge on any atom is -0.390 e. The number of para-hydroxylation sites is 1. The Kier molecular flexibility index (Phi) is 4.09. The van der Waals surface area contributed by atoms with E-state index < -0.39 is 25.0 Å². The maximum Gasteiger partial charge on any atom is 0.287 e. The molecule has 0 aliphatic rings. The predicted octanol–water partition coefficient (Wildman–Crippen LogP) is 1.23. The molecule has 0 saturated heterocycles. The van der Waals surface area contributed by atoms with Crippen LogP contribution in [0.3, 0.4) is 0 Å². The molecule has 1 aromatic heterocycles. The molecule has 0 spiro atoms. The number of carbonyl (C=O) groups excluding carboxylic acids is 1. The lowest BCUT2D eigenvalue weighted by Crippen LogP contribution is -2.39. The smallest absolute Gasteiger partial charge is 0.287 e. The summed E-state index contributed by atoms with van der Waals surface area (Å²) in [7, 11) is 0. The Morgan fingerprint density at radius 3 is 2.70 bits per heavy atom. The van der Waals surface area contributed by atoms with Crippen molar-refractivity contribution in [3.63, 3.8) is 0 Å². The first-order valence-corrected chi connectivity index (χ1v) is 5.88. The van der Waals surface area contributed by atoms with Crippen molar-refractivity contribution in [1.82, 2.24) is 14.9 Å². The molecule has 1 aromatic carbocycles. The number of nitrogens with one attached hydrogen (secondary N) is 1. The molecule has 106 valence electrons. The number of amides is 1. The highest BCUT2D eigenvalue weighted by atomic mass is 19.3. The minimum atomic E-state index is -3.34. The summed E-state index contributed by atoms with van der Waals surface area (Å²) in [6, 6.07) is 8.93. The first-order valence-electron chi connectivity index (χ1n) is 5.88. The third kappa shape index (κ3) is 3.18. The van der Waals surface area contributed by atoms with E-state index in [0.29, 0.717) is 5.69 Å². The van der Waals surface area contributed by atoms with Crippen LogP contribution in [-0.2, 0) is 0 Å². The molecular formula is C13H13F2N3O2. The van der Waals surface area contributed by atoms with Crippen LogP contribution in [0.5, 0.6) is 0 Å². The van der Waals surface area contributed by atoms with Gasteiger partial charge >= 0.3 is 0 Å². The van der Waals surface area contributed by atoms with Crippen molar-refractivity contribution in [3.8, 4) is 5.69 Å². The molecule has 5 nitrogen and oxygen atoms in total. The molecular weight excluding hydrogens is 268 g/mol. The van der Waals surface area contributed by atoms with Gasteiger partial charge in [-0.25, -0.2) is 13.8 Å². The third-order valence-corrected chi connectivity index (χ3v) is 2.64. The van der Waals surface area contributed by atoms with E-state index in [1.807, 2.05) is 6.07 Å². The minimum absolute atomic E-state index is 0.143. The van der Waals surface area contributed by atoms with Gasteiger partial charge < -0.3 is 10.4 Å². The van der Waals surface area contributed by atoms with Crippen molar-refractivity contribution in [1.29, 1.82) is 0 Å². The normalized spacial score (nSPS) is 11.3. The second-order valence-corrected chi connectivity index (χ2v) is 4.18. The van der Waals surface area contributed by atoms with Gasteiger partial charge in [-0.1, -0.05) is 18.2 Å². The van der Waals surface area contributed by atoms with E-state index >= 15 is 0 Å². The monoisotopic (exact) mass is 281 g/mol. The van der Waals surface area contributed by atoms with Gasteiger partial charge in [0, 0.05) is 5.69 Å². The highest BCUT2D eigenvalue weighted by Crippen LogP contribution is 2.12. The van der Waals surface area contributed by atoms with Gasteiger partial charge in [0.25, 0.3) is 11.8 Å². The van der Waals surface area contributed by atoms with Crippen LogP contribution in [0.15, 0.2) is 42.9 Å². The van der Waals surface area contributed by atoms with Crippen molar-refractivity contribution >= 4 is 5.91 Å². The van der Waals surface area contributed by atoms with E-state index in [1.54, 1.807) is 24.3 Å². The predicted molar refractivity (Wildman–Crippen MR) is 67.9 cm³/mol. The molecule has 1 heterocycles. The van der Waals surface area contributed by atoms with Crippen molar-refractivity contribution in [3.05, 3.63) is 48.5 Å². The van der Waals surface area contributed by atoms with Crippen LogP contribution in [0.4, 0.5) is 8.78 Å². The Morgan fingerprint density at radius 2 is 2.05 bits per heavy atom. The molecule has 0 unspecified atom stereocenters. The number of aromatic nitrogens is 2. The molecule has 2 rings (SSSR count). The zero-order valence-corrected chi connectivity index (χ0v) is 10.5. The summed E-state index contributed by atoms with van der Waals surface area (Å²) in [5, 5.41) is 10.5. The molecule has 2 N–H and O–H groups in total. The maximum absolute atomic E-state index is 12.9. The van der Waals surface area contributed by atoms with Crippen LogP contribution in [0.2, 0.25) is 0 Å². The fourth-order valence-corrected chi connectivity index (χ4v) is 1.61. The number of halogens is 2. The molecule has 1 amide bonds. The summed E-state index contributed by atoms with van der Waals surface area (Å²) >= 11 is 0. The van der Waals surface area contributed by atoms with E-state index in [4.69, 9.17) is 5.11 Å². The van der Waals surface area contributed by atoms with E-state index in [-0.39, 0.29) is 5.69 Å². The highest BCUT2D eigenvalue weighted by molar-refractivity contribution is 5.93. The Hall–Kier alpha value is -2.28. The SMILES string of the molecule is O=C(NCC(F)(F)CO)c1cncn1-c1ccccc1. The number of aliphatic hydroxyl groups is 1. The van der Waals surface area contributed by atoms with E-state index in [9.17, 15) is 13.6 Å². The zero-order chi connectivity index (χ0) is 14.6. The molecule has 0 saturated carbocycles. The highest BCUT2D eigenvalue weighted by Gasteiger charge is 2.28. The average Bonchev–Trinajstić information content (AvgIpc) is 2.95. The lowest BCUT2D eigenvalue weighted by molar-refractivity contribution is -0.0462. The van der Waals surface area contributed by atoms with Crippen molar-refractivity contribution < 1.29 is 18.7 Å². The second-order valence-electron chi connectivity index (χ2n) is 4.18. The van der Waals surface area contributed by atoms with Gasteiger partial charge in [-0.2, -0.15) is 0 Å². The number of imidazole rings is 1. The number of benzene rings is 1. The summed E-state index contributed by atoms with van der Waals surface area (Å²) in [5.41, 5.74) is 0.842. The summed E-state index contributed by atoms with van der Waals surface area (Å²) in [5.74, 6) is -4.02. The summed E-state index contributed by atoms with van der Waals surface area (Å²) < 4.78 is 27.3. The third-order valence-electron chi connectivity index (χ3n) is 2.64. The number of aliphatic hydroxyl groups excluding tert-OH is 1. The lowest BCUT2D eigenvalue weighted by atomic mass is 10.3. The number of nitrogens with zero attached hydrogens (tertiary/aromatic N) is 2. The van der Waals surface area contributed by atoms with Crippen LogP contribution in [0, 0.1) is 0 Å². The van der Waals surface area contributed by atoms with Gasteiger partial charge in [-0.3, -0.25) is 9.36 Å². The Bertz CT molecular complexity index is 584. The Morgan fingerprint density at radius 1 is 1.35 bits per heavy atom. The molecule has 2 aromatic rings. The van der Waals surface area contributed by atoms with Crippen LogP contribution < -0.4 is 5.32 Å². The van der Waals surface area contributed by atoms with Crippen molar-refractivity contribution in [2.45, 2.75) is 5.92 Å². The zero-order valence-electron chi connectivity index (χ0n) is 10.5. The van der Waals surface area contributed by atoms with Gasteiger partial charge in [0.2, 0.25) is 0 Å². The van der Waals surface area contributed by atoms with Gasteiger partial charge in [0.05, 0.1) is 19.1 Å². The first-order chi connectivity index (χ1) is 9.53. The lowest BCUT2D eigenvalue weighted by Gasteiger charge is -2.14. The van der Waals surface area contributed by atoms with E-state index in [1.165, 1.54) is 17.1 Å². The van der Waals surface area contributed by atoms with E-state index in [2.05, 4.69) is 10.3 Å². The number of hydrogen-bond donors (Lipinski definition) is 2. The van der Waals surface area contributed by atoms with Crippen molar-refractivity contribution in [2.24, 2.45) is 0 Å². The molecule has 7 heteroatoms. The maximum atomic E-state index is 12.9. The Balaban J connectivity index is 2.14. The molecule has 0 aliphatic carbocycles. The topological polar surface area (TPSA) is 67.2 Å². The van der Waals surface area contributed by atoms with Gasteiger partial charge in [-0.15, -0.1) is 0 Å². The van der Waals surface area contributed by atoms with Gasteiger partial charge in [0.1, 0.15) is 12.3 Å². The quantitative estimate of drug-likeness (QED) is 0.866. The second kappa shape index (κ2) is 5.79. The number of hydrogen-bond acceptors (Lipinski definition) is 3. The fourth-order valence-electron chi connectivity index (χ4n) is 1.61. The summed E-state index contributed by atoms with van der Waals surface area (Å²) in [4.78, 5) is 15.7. The van der Waals surface area contributed by atoms with Crippen molar-refractivity contribution in [2.75, 3.05) is 13.2 Å². The summed E-state index contributed by atoms with van der Waals surface area (Å²) in [6.07, 6.45) is 2.72. The van der Waals surface area contributed by atoms with Crippen LogP contribution in [0.25, 0.3) is 5.69 Å². The first kappa shape index (κ1) is 14.1. The van der Waals surface area contributed by atoms with Crippen LogP contribution >= 0.6 is 0 Å². The van der Waals surface area contributed by atoms with E-state index in [0.717, 1.165) is 0 Å². The molecule has 0 radical (unpaired) electrons. The molecule has 0 atom stereocenters. The molecule has 0 fully saturated rings. The molecule has 0 aliphatic heterocycles. The average molecular weight is 281 g/mol. The number of carbonyl (C=O) groups is 1. The van der Waals surface area contributed by atoms with Gasteiger partial charge in [0.15, 0.2) is 0 Å². The molecule has 20 heavy (non-hydrogen) atoms. The largest absolute Gasteiger partial charge is 0.390 e. The number of rotatable bonds is 5. The Labute approximate surface area is 113 Å². The molecule has 0 bridgehead atoms. The van der Waals surface area contributed by atoms with Gasteiger partial charge in [-0.05, 0) is 12.1 Å². The number of alkyl halides is 2. The van der Waals surface area contributed by atoms with Crippen LogP contribution in [-0.4, -0.2) is 39.6 Å². The van der Waals surface area contributed by atoms with Crippen LogP contribution in [0.1, 0.15) is 10.5 Å². The summed E-state index contributed by atoms with van der Waals surface area (Å²) in [6.45, 7) is -2.24. The standard InChI is InChI=1S/C13H13F2N3O2/c14-13(15,8-19)7-17-12(20)11-6-16-9-18(11)10-4-2-1-3-5-10/h1-6,9,19H,7-8H2,(H,17,20). The fraction of sp³-hybridized carbons (Fsp3) is 0.231.